The number of hydrogen-bond acceptors (Lipinski definition) is 2. The maximum Gasteiger partial charge on any atom is 0.248 e. The molecule has 4 nitrogen and oxygen atoms in total. The van der Waals surface area contributed by atoms with Gasteiger partial charge in [0.25, 0.3) is 0 Å². The number of benzene rings is 2. The number of thiocarbonyl (C=S) groups is 1. The van der Waals surface area contributed by atoms with Crippen molar-refractivity contribution in [2.24, 2.45) is 5.73 Å². The number of primary amides is 1. The van der Waals surface area contributed by atoms with Crippen LogP contribution in [0.1, 0.15) is 15.9 Å². The van der Waals surface area contributed by atoms with Crippen LogP contribution in [0.25, 0.3) is 0 Å². The quantitative estimate of drug-likeness (QED) is 0.754. The molecule has 102 valence electrons. The second kappa shape index (κ2) is 6.68. The average Bonchev–Trinajstić information content (AvgIpc) is 2.47. The van der Waals surface area contributed by atoms with Gasteiger partial charge in [-0.3, -0.25) is 4.79 Å². The van der Waals surface area contributed by atoms with Crippen LogP contribution in [-0.2, 0) is 6.54 Å². The molecule has 0 aliphatic carbocycles. The van der Waals surface area contributed by atoms with Crippen LogP contribution >= 0.6 is 12.2 Å². The van der Waals surface area contributed by atoms with E-state index in [1.807, 2.05) is 30.3 Å². The first kappa shape index (κ1) is 14.0. The third-order valence-electron chi connectivity index (χ3n) is 2.72. The molecule has 0 aliphatic heterocycles. The molecule has 0 heterocycles. The van der Waals surface area contributed by atoms with Gasteiger partial charge in [-0.2, -0.15) is 0 Å². The standard InChI is InChI=1S/C15H15N3OS/c16-14(19)12-6-8-13(9-7-12)18-15(20)17-10-11-4-2-1-3-5-11/h1-9H,10H2,(H2,16,19)(H2,17,18,20). The molecular formula is C15H15N3OS. The molecule has 0 fully saturated rings. The van der Waals surface area contributed by atoms with Gasteiger partial charge in [-0.1, -0.05) is 30.3 Å². The normalized spacial score (nSPS) is 9.80. The van der Waals surface area contributed by atoms with E-state index in [0.717, 1.165) is 11.3 Å². The predicted molar refractivity (Wildman–Crippen MR) is 84.5 cm³/mol. The Hall–Kier alpha value is -2.40. The van der Waals surface area contributed by atoms with E-state index in [9.17, 15) is 4.79 Å². The minimum Gasteiger partial charge on any atom is -0.366 e. The molecule has 2 aromatic carbocycles. The third kappa shape index (κ3) is 4.07. The molecule has 0 unspecified atom stereocenters. The Kier molecular flexibility index (Phi) is 4.68. The van der Waals surface area contributed by atoms with E-state index in [4.69, 9.17) is 18.0 Å². The Bertz CT molecular complexity index is 596. The molecule has 0 saturated heterocycles. The van der Waals surface area contributed by atoms with E-state index in [1.165, 1.54) is 0 Å². The molecule has 0 saturated carbocycles. The first-order valence-electron chi connectivity index (χ1n) is 6.14. The number of anilines is 1. The van der Waals surface area contributed by atoms with E-state index in [1.54, 1.807) is 24.3 Å². The fourth-order valence-corrected chi connectivity index (χ4v) is 1.86. The molecule has 0 aromatic heterocycles. The Morgan fingerprint density at radius 3 is 2.30 bits per heavy atom. The van der Waals surface area contributed by atoms with Gasteiger partial charge in [-0.15, -0.1) is 0 Å². The van der Waals surface area contributed by atoms with E-state index in [2.05, 4.69) is 10.6 Å². The third-order valence-corrected chi connectivity index (χ3v) is 2.97. The van der Waals surface area contributed by atoms with E-state index < -0.39 is 5.91 Å². The van der Waals surface area contributed by atoms with Crippen LogP contribution in [0, 0.1) is 0 Å². The number of carbonyl (C=O) groups excluding carboxylic acids is 1. The second-order valence-corrected chi connectivity index (χ2v) is 4.64. The molecule has 4 N–H and O–H groups in total. The topological polar surface area (TPSA) is 67.2 Å². The van der Waals surface area contributed by atoms with Crippen LogP contribution in [-0.4, -0.2) is 11.0 Å². The fraction of sp³-hybridized carbons (Fsp3) is 0.0667. The molecule has 0 atom stereocenters. The lowest BCUT2D eigenvalue weighted by Gasteiger charge is -2.10. The number of rotatable bonds is 4. The van der Waals surface area contributed by atoms with Crippen molar-refractivity contribution in [2.45, 2.75) is 6.54 Å². The lowest BCUT2D eigenvalue weighted by atomic mass is 10.2. The van der Waals surface area contributed by atoms with Crippen LogP contribution < -0.4 is 16.4 Å². The van der Waals surface area contributed by atoms with Crippen LogP contribution in [0.15, 0.2) is 54.6 Å². The minimum atomic E-state index is -0.443. The van der Waals surface area contributed by atoms with Gasteiger partial charge < -0.3 is 16.4 Å². The van der Waals surface area contributed by atoms with Gasteiger partial charge in [0.1, 0.15) is 0 Å². The summed E-state index contributed by atoms with van der Waals surface area (Å²) in [5.74, 6) is -0.443. The number of hydrogen-bond donors (Lipinski definition) is 3. The van der Waals surface area contributed by atoms with Crippen LogP contribution in [0.3, 0.4) is 0 Å². The monoisotopic (exact) mass is 285 g/mol. The summed E-state index contributed by atoms with van der Waals surface area (Å²) >= 11 is 5.21. The molecule has 2 rings (SSSR count). The summed E-state index contributed by atoms with van der Waals surface area (Å²) in [7, 11) is 0. The SMILES string of the molecule is NC(=O)c1ccc(NC(=S)NCc2ccccc2)cc1. The van der Waals surface area contributed by atoms with Crippen LogP contribution in [0.5, 0.6) is 0 Å². The predicted octanol–water partition coefficient (Wildman–Crippen LogP) is 2.27. The number of nitrogens with two attached hydrogens (primary N) is 1. The Balaban J connectivity index is 1.86. The van der Waals surface area contributed by atoms with Crippen molar-refractivity contribution in [3.63, 3.8) is 0 Å². The highest BCUT2D eigenvalue weighted by Crippen LogP contribution is 2.09. The highest BCUT2D eigenvalue weighted by atomic mass is 32.1. The number of amides is 1. The lowest BCUT2D eigenvalue weighted by Crippen LogP contribution is -2.27. The van der Waals surface area contributed by atoms with Gasteiger partial charge in [0.2, 0.25) is 5.91 Å². The largest absolute Gasteiger partial charge is 0.366 e. The van der Waals surface area contributed by atoms with E-state index in [0.29, 0.717) is 17.2 Å². The zero-order valence-corrected chi connectivity index (χ0v) is 11.6. The maximum absolute atomic E-state index is 11.0. The highest BCUT2D eigenvalue weighted by molar-refractivity contribution is 7.80. The van der Waals surface area contributed by atoms with Gasteiger partial charge in [0.05, 0.1) is 0 Å². The Labute approximate surface area is 123 Å². The Morgan fingerprint density at radius 2 is 1.70 bits per heavy atom. The van der Waals surface area contributed by atoms with E-state index in [-0.39, 0.29) is 0 Å². The minimum absolute atomic E-state index is 0.443. The summed E-state index contributed by atoms with van der Waals surface area (Å²) in [6.45, 7) is 0.659. The van der Waals surface area contributed by atoms with Gasteiger partial charge >= 0.3 is 0 Å². The van der Waals surface area contributed by atoms with Gasteiger partial charge in [-0.25, -0.2) is 0 Å². The van der Waals surface area contributed by atoms with Gasteiger partial charge in [0, 0.05) is 17.8 Å². The summed E-state index contributed by atoms with van der Waals surface area (Å²) in [5.41, 5.74) is 7.61. The fourth-order valence-electron chi connectivity index (χ4n) is 1.67. The molecule has 2 aromatic rings. The molecule has 5 heteroatoms. The first-order chi connectivity index (χ1) is 9.65. The maximum atomic E-state index is 11.0. The number of nitrogens with one attached hydrogen (secondary N) is 2. The summed E-state index contributed by atoms with van der Waals surface area (Å²) in [6.07, 6.45) is 0. The second-order valence-electron chi connectivity index (χ2n) is 4.23. The van der Waals surface area contributed by atoms with Gasteiger partial charge in [-0.05, 0) is 42.0 Å². The van der Waals surface area contributed by atoms with Crippen molar-refractivity contribution in [2.75, 3.05) is 5.32 Å². The first-order valence-corrected chi connectivity index (χ1v) is 6.54. The van der Waals surface area contributed by atoms with Crippen molar-refractivity contribution in [1.82, 2.24) is 5.32 Å². The van der Waals surface area contributed by atoms with Gasteiger partial charge in [0.15, 0.2) is 5.11 Å². The van der Waals surface area contributed by atoms with Crippen molar-refractivity contribution >= 4 is 28.9 Å². The summed E-state index contributed by atoms with van der Waals surface area (Å²) in [4.78, 5) is 11.0. The molecule has 0 aliphatic rings. The molecule has 20 heavy (non-hydrogen) atoms. The molecule has 0 radical (unpaired) electrons. The smallest absolute Gasteiger partial charge is 0.248 e. The Morgan fingerprint density at radius 1 is 1.05 bits per heavy atom. The summed E-state index contributed by atoms with van der Waals surface area (Å²) in [5, 5.41) is 6.69. The van der Waals surface area contributed by atoms with Crippen LogP contribution in [0.2, 0.25) is 0 Å². The van der Waals surface area contributed by atoms with Crippen LogP contribution in [0.4, 0.5) is 5.69 Å². The summed E-state index contributed by atoms with van der Waals surface area (Å²) < 4.78 is 0. The lowest BCUT2D eigenvalue weighted by molar-refractivity contribution is 0.100. The van der Waals surface area contributed by atoms with Crippen molar-refractivity contribution in [1.29, 1.82) is 0 Å². The molecular weight excluding hydrogens is 270 g/mol. The van der Waals surface area contributed by atoms with Crippen molar-refractivity contribution < 1.29 is 4.79 Å². The zero-order chi connectivity index (χ0) is 14.4. The molecule has 1 amide bonds. The van der Waals surface area contributed by atoms with E-state index >= 15 is 0 Å². The molecule has 0 spiro atoms. The highest BCUT2D eigenvalue weighted by Gasteiger charge is 2.01. The zero-order valence-electron chi connectivity index (χ0n) is 10.8. The number of carbonyl (C=O) groups is 1. The van der Waals surface area contributed by atoms with Crippen molar-refractivity contribution in [3.05, 3.63) is 65.7 Å². The average molecular weight is 285 g/mol. The molecule has 0 bridgehead atoms. The van der Waals surface area contributed by atoms with Crippen molar-refractivity contribution in [3.8, 4) is 0 Å². The summed E-state index contributed by atoms with van der Waals surface area (Å²) in [6, 6.07) is 16.8.